The molecule has 0 spiro atoms. The molecule has 0 saturated carbocycles. The molecule has 0 aliphatic carbocycles. The highest BCUT2D eigenvalue weighted by Crippen LogP contribution is 2.18. The first-order chi connectivity index (χ1) is 7.18. The predicted octanol–water partition coefficient (Wildman–Crippen LogP) is 1.78. The number of alkyl halides is 1. The monoisotopic (exact) mass is 293 g/mol. The molecule has 2 rings (SSSR count). The van der Waals surface area contributed by atoms with Gasteiger partial charge in [-0.15, -0.1) is 11.6 Å². The quantitative estimate of drug-likeness (QED) is 0.846. The summed E-state index contributed by atoms with van der Waals surface area (Å²) in [5.41, 5.74) is 0.464. The van der Waals surface area contributed by atoms with Gasteiger partial charge < -0.3 is 14.5 Å². The van der Waals surface area contributed by atoms with Crippen molar-refractivity contribution in [3.63, 3.8) is 0 Å². The van der Waals surface area contributed by atoms with Crippen molar-refractivity contribution >= 4 is 33.4 Å². The van der Waals surface area contributed by atoms with Crippen LogP contribution >= 0.6 is 27.5 Å². The van der Waals surface area contributed by atoms with E-state index in [9.17, 15) is 4.79 Å². The van der Waals surface area contributed by atoms with Crippen LogP contribution in [0.4, 0.5) is 0 Å². The molecule has 0 bridgehead atoms. The maximum Gasteiger partial charge on any atom is 0.256 e. The van der Waals surface area contributed by atoms with Crippen molar-refractivity contribution in [1.82, 2.24) is 5.32 Å². The lowest BCUT2D eigenvalue weighted by atomic mass is 10.2. The van der Waals surface area contributed by atoms with E-state index in [1.54, 1.807) is 6.07 Å². The molecule has 2 unspecified atom stereocenters. The first-order valence-corrected chi connectivity index (χ1v) is 5.67. The van der Waals surface area contributed by atoms with Crippen LogP contribution in [0.5, 0.6) is 0 Å². The number of rotatable bonds is 2. The second-order valence-electron chi connectivity index (χ2n) is 3.24. The maximum absolute atomic E-state index is 11.7. The highest BCUT2D eigenvalue weighted by Gasteiger charge is 2.28. The van der Waals surface area contributed by atoms with Gasteiger partial charge in [0, 0.05) is 0 Å². The van der Waals surface area contributed by atoms with Gasteiger partial charge in [0.25, 0.3) is 5.91 Å². The van der Waals surface area contributed by atoms with Crippen molar-refractivity contribution in [3.05, 3.63) is 22.6 Å². The molecule has 1 aliphatic heterocycles. The van der Waals surface area contributed by atoms with Crippen LogP contribution in [-0.2, 0) is 4.74 Å². The molecule has 1 aromatic rings. The summed E-state index contributed by atoms with van der Waals surface area (Å²) in [6.07, 6.45) is 1.45. The smallest absolute Gasteiger partial charge is 0.256 e. The third-order valence-electron chi connectivity index (χ3n) is 2.19. The zero-order valence-electron chi connectivity index (χ0n) is 7.70. The van der Waals surface area contributed by atoms with Crippen molar-refractivity contribution in [3.8, 4) is 0 Å². The Morgan fingerprint density at radius 1 is 1.60 bits per heavy atom. The van der Waals surface area contributed by atoms with E-state index in [0.717, 1.165) is 0 Å². The van der Waals surface area contributed by atoms with Gasteiger partial charge in [0.2, 0.25) is 0 Å². The van der Waals surface area contributed by atoms with Gasteiger partial charge in [-0.25, -0.2) is 0 Å². The number of amides is 1. The second-order valence-corrected chi connectivity index (χ2v) is 4.52. The molecular weight excluding hydrogens is 285 g/mol. The van der Waals surface area contributed by atoms with Crippen LogP contribution in [0, 0.1) is 0 Å². The molecule has 1 fully saturated rings. The minimum atomic E-state index is -0.211. The van der Waals surface area contributed by atoms with Gasteiger partial charge in [-0.1, -0.05) is 0 Å². The van der Waals surface area contributed by atoms with E-state index in [4.69, 9.17) is 20.8 Å². The molecule has 2 atom stereocenters. The van der Waals surface area contributed by atoms with Gasteiger partial charge in [-0.05, 0) is 22.0 Å². The lowest BCUT2D eigenvalue weighted by molar-refractivity contribution is 0.0928. The Hall–Kier alpha value is -0.520. The van der Waals surface area contributed by atoms with Crippen LogP contribution < -0.4 is 5.32 Å². The van der Waals surface area contributed by atoms with E-state index in [1.165, 1.54) is 6.26 Å². The summed E-state index contributed by atoms with van der Waals surface area (Å²) in [6, 6.07) is 1.46. The Labute approximate surface area is 100 Å². The van der Waals surface area contributed by atoms with Crippen LogP contribution in [0.25, 0.3) is 0 Å². The van der Waals surface area contributed by atoms with E-state index in [-0.39, 0.29) is 17.3 Å². The second kappa shape index (κ2) is 4.55. The molecule has 0 radical (unpaired) electrons. The van der Waals surface area contributed by atoms with E-state index in [1.807, 2.05) is 0 Å². The van der Waals surface area contributed by atoms with Gasteiger partial charge in [0.15, 0.2) is 4.67 Å². The number of carbonyl (C=O) groups is 1. The van der Waals surface area contributed by atoms with Crippen molar-refractivity contribution in [1.29, 1.82) is 0 Å². The van der Waals surface area contributed by atoms with Crippen molar-refractivity contribution in [2.75, 3.05) is 13.2 Å². The minimum Gasteiger partial charge on any atom is -0.457 e. The van der Waals surface area contributed by atoms with E-state index in [2.05, 4.69) is 21.2 Å². The third-order valence-corrected chi connectivity index (χ3v) is 3.23. The average Bonchev–Trinajstić information content (AvgIpc) is 2.76. The van der Waals surface area contributed by atoms with E-state index >= 15 is 0 Å². The fourth-order valence-corrected chi connectivity index (χ4v) is 2.01. The van der Waals surface area contributed by atoms with Gasteiger partial charge in [-0.2, -0.15) is 0 Å². The summed E-state index contributed by atoms with van der Waals surface area (Å²) >= 11 is 9.09. The minimum absolute atomic E-state index is 0.138. The van der Waals surface area contributed by atoms with E-state index in [0.29, 0.717) is 23.4 Å². The number of halogens is 2. The van der Waals surface area contributed by atoms with Gasteiger partial charge >= 0.3 is 0 Å². The Kier molecular flexibility index (Phi) is 3.33. The lowest BCUT2D eigenvalue weighted by Crippen LogP contribution is -2.40. The maximum atomic E-state index is 11.7. The standard InChI is InChI=1S/C9H9BrClNO3/c10-8-5(1-2-15-8)9(13)12-7-4-14-3-6(7)11/h1-2,6-7H,3-4H2,(H,12,13). The summed E-state index contributed by atoms with van der Waals surface area (Å²) in [5.74, 6) is -0.211. The topological polar surface area (TPSA) is 51.5 Å². The molecule has 1 amide bonds. The van der Waals surface area contributed by atoms with Crippen LogP contribution in [0.2, 0.25) is 0 Å². The Balaban J connectivity index is 2.01. The fourth-order valence-electron chi connectivity index (χ4n) is 1.36. The SMILES string of the molecule is O=C(NC1COCC1Cl)c1ccoc1Br. The first-order valence-electron chi connectivity index (χ1n) is 4.44. The van der Waals surface area contributed by atoms with Crippen LogP contribution in [-0.4, -0.2) is 30.5 Å². The third kappa shape index (κ3) is 2.35. The van der Waals surface area contributed by atoms with Crippen LogP contribution in [0.3, 0.4) is 0 Å². The predicted molar refractivity (Wildman–Crippen MR) is 58.1 cm³/mol. The highest BCUT2D eigenvalue weighted by atomic mass is 79.9. The lowest BCUT2D eigenvalue weighted by Gasteiger charge is -2.13. The number of furan rings is 1. The Morgan fingerprint density at radius 2 is 2.40 bits per heavy atom. The van der Waals surface area contributed by atoms with Gasteiger partial charge in [0.05, 0.1) is 36.5 Å². The normalized spacial score (nSPS) is 25.5. The molecular formula is C9H9BrClNO3. The zero-order chi connectivity index (χ0) is 10.8. The Morgan fingerprint density at radius 3 is 2.93 bits per heavy atom. The van der Waals surface area contributed by atoms with Crippen LogP contribution in [0.15, 0.2) is 21.4 Å². The molecule has 1 saturated heterocycles. The summed E-state index contributed by atoms with van der Waals surface area (Å²) in [7, 11) is 0. The molecule has 1 N–H and O–H groups in total. The van der Waals surface area contributed by atoms with Crippen molar-refractivity contribution in [2.45, 2.75) is 11.4 Å². The average molecular weight is 295 g/mol. The molecule has 1 aliphatic rings. The number of hydrogen-bond donors (Lipinski definition) is 1. The fraction of sp³-hybridized carbons (Fsp3) is 0.444. The number of nitrogens with one attached hydrogen (secondary N) is 1. The van der Waals surface area contributed by atoms with Crippen molar-refractivity contribution in [2.24, 2.45) is 0 Å². The zero-order valence-corrected chi connectivity index (χ0v) is 10.0. The molecule has 6 heteroatoms. The van der Waals surface area contributed by atoms with Gasteiger partial charge in [0.1, 0.15) is 0 Å². The molecule has 1 aromatic heterocycles. The summed E-state index contributed by atoms with van der Waals surface area (Å²) in [4.78, 5) is 11.7. The molecule has 0 aromatic carbocycles. The largest absolute Gasteiger partial charge is 0.457 e. The van der Waals surface area contributed by atoms with Gasteiger partial charge in [-0.3, -0.25) is 4.79 Å². The number of hydrogen-bond acceptors (Lipinski definition) is 3. The molecule has 4 nitrogen and oxygen atoms in total. The highest BCUT2D eigenvalue weighted by molar-refractivity contribution is 9.10. The molecule has 2 heterocycles. The first kappa shape index (κ1) is 11.0. The van der Waals surface area contributed by atoms with Crippen molar-refractivity contribution < 1.29 is 13.9 Å². The molecule has 15 heavy (non-hydrogen) atoms. The number of ether oxygens (including phenoxy) is 1. The summed E-state index contributed by atoms with van der Waals surface area (Å²) in [5, 5.41) is 2.62. The van der Waals surface area contributed by atoms with E-state index < -0.39 is 0 Å². The summed E-state index contributed by atoms with van der Waals surface area (Å²) in [6.45, 7) is 0.925. The Bertz CT molecular complexity index is 368. The number of carbonyl (C=O) groups excluding carboxylic acids is 1. The molecule has 82 valence electrons. The summed E-state index contributed by atoms with van der Waals surface area (Å²) < 4.78 is 10.5. The van der Waals surface area contributed by atoms with Crippen LogP contribution in [0.1, 0.15) is 10.4 Å².